The monoisotopic (exact) mass is 487 g/mol. The molecule has 2 N–H and O–H groups in total. The van der Waals surface area contributed by atoms with Crippen LogP contribution < -0.4 is 5.32 Å². The third-order valence-corrected chi connectivity index (χ3v) is 5.08. The number of amides is 2. The molecular formula is C19H11Cl2N7O5. The van der Waals surface area contributed by atoms with Crippen molar-refractivity contribution in [2.45, 2.75) is 6.42 Å². The van der Waals surface area contributed by atoms with Crippen molar-refractivity contribution in [1.82, 2.24) is 9.55 Å². The summed E-state index contributed by atoms with van der Waals surface area (Å²) in [7, 11) is 0. The molecule has 0 fully saturated rings. The van der Waals surface area contributed by atoms with Gasteiger partial charge in [-0.3, -0.25) is 14.9 Å². The topological polar surface area (TPSA) is 164 Å². The number of hydrogen-bond acceptors (Lipinski definition) is 7. The number of imidazole rings is 1. The summed E-state index contributed by atoms with van der Waals surface area (Å²) < 4.78 is 1.12. The van der Waals surface area contributed by atoms with Crippen molar-refractivity contribution in [3.05, 3.63) is 74.0 Å². The van der Waals surface area contributed by atoms with E-state index < -0.39 is 34.7 Å². The number of aliphatic imine (C=N–C) groups is 1. The number of urea groups is 1. The number of anilines is 1. The smallest absolute Gasteiger partial charge is 0.348 e. The van der Waals surface area contributed by atoms with Crippen LogP contribution >= 0.6 is 23.2 Å². The van der Waals surface area contributed by atoms with Gasteiger partial charge in [-0.2, -0.15) is 9.98 Å². The quantitative estimate of drug-likeness (QED) is 0.299. The molecule has 14 heteroatoms. The average molecular weight is 488 g/mol. The molecule has 0 atom stereocenters. The van der Waals surface area contributed by atoms with Crippen LogP contribution in [-0.4, -0.2) is 37.4 Å². The second-order valence-corrected chi connectivity index (χ2v) is 7.37. The highest BCUT2D eigenvalue weighted by atomic mass is 35.5. The molecule has 1 aliphatic rings. The number of nitro groups is 1. The summed E-state index contributed by atoms with van der Waals surface area (Å²) in [5, 5.41) is 31.3. The third kappa shape index (κ3) is 4.42. The molecule has 12 nitrogen and oxygen atoms in total. The Morgan fingerprint density at radius 2 is 1.88 bits per heavy atom. The Morgan fingerprint density at radius 3 is 2.58 bits per heavy atom. The van der Waals surface area contributed by atoms with E-state index in [1.165, 1.54) is 18.2 Å². The molecule has 4 rings (SSSR count). The lowest BCUT2D eigenvalue weighted by Crippen LogP contribution is -2.17. The Hall–Kier alpha value is -4.16. The second-order valence-electron chi connectivity index (χ2n) is 6.56. The lowest BCUT2D eigenvalue weighted by Gasteiger charge is -2.06. The van der Waals surface area contributed by atoms with Gasteiger partial charge in [-0.1, -0.05) is 29.3 Å². The molecule has 0 saturated heterocycles. The van der Waals surface area contributed by atoms with Crippen LogP contribution in [0, 0.1) is 10.1 Å². The van der Waals surface area contributed by atoms with E-state index in [0.717, 1.165) is 4.57 Å². The number of nitrogens with one attached hydrogen (secondary N) is 1. The van der Waals surface area contributed by atoms with E-state index >= 15 is 0 Å². The van der Waals surface area contributed by atoms with Gasteiger partial charge in [0.2, 0.25) is 5.82 Å². The number of rotatable bonds is 5. The molecule has 0 spiro atoms. The summed E-state index contributed by atoms with van der Waals surface area (Å²) in [5.41, 5.74) is -0.105. The maximum absolute atomic E-state index is 12.8. The highest BCUT2D eigenvalue weighted by molar-refractivity contribution is 6.36. The first kappa shape index (κ1) is 22.0. The van der Waals surface area contributed by atoms with Crippen molar-refractivity contribution < 1.29 is 19.6 Å². The van der Waals surface area contributed by atoms with Crippen LogP contribution in [0.4, 0.5) is 22.0 Å². The zero-order valence-corrected chi connectivity index (χ0v) is 17.8. The molecule has 0 saturated carbocycles. The van der Waals surface area contributed by atoms with E-state index in [0.29, 0.717) is 10.7 Å². The number of hydrogen-bond donors (Lipinski definition) is 2. The van der Waals surface area contributed by atoms with Crippen molar-refractivity contribution in [1.29, 1.82) is 0 Å². The van der Waals surface area contributed by atoms with E-state index in [-0.39, 0.29) is 28.2 Å². The first-order chi connectivity index (χ1) is 15.7. The summed E-state index contributed by atoms with van der Waals surface area (Å²) in [5.74, 6) is -1.56. The highest BCUT2D eigenvalue weighted by Crippen LogP contribution is 2.34. The number of carbonyl (C=O) groups is 2. The lowest BCUT2D eigenvalue weighted by molar-refractivity contribution is -0.384. The predicted molar refractivity (Wildman–Crippen MR) is 118 cm³/mol. The molecular weight excluding hydrogens is 477 g/mol. The van der Waals surface area contributed by atoms with Crippen LogP contribution in [0.3, 0.4) is 0 Å². The molecule has 0 bridgehead atoms. The molecule has 166 valence electrons. The Bertz CT molecular complexity index is 1370. The fourth-order valence-corrected chi connectivity index (χ4v) is 3.39. The van der Waals surface area contributed by atoms with Crippen LogP contribution in [-0.2, 0) is 6.42 Å². The maximum Gasteiger partial charge on any atom is 0.348 e. The number of ketones is 1. The number of aromatic nitrogens is 2. The van der Waals surface area contributed by atoms with Gasteiger partial charge in [-0.05, 0) is 30.3 Å². The van der Waals surface area contributed by atoms with Gasteiger partial charge in [0.1, 0.15) is 10.8 Å². The predicted octanol–water partition coefficient (Wildman–Crippen LogP) is 4.76. The highest BCUT2D eigenvalue weighted by Gasteiger charge is 2.29. The largest absolute Gasteiger partial charge is 0.491 e. The van der Waals surface area contributed by atoms with E-state index in [1.54, 1.807) is 24.3 Å². The van der Waals surface area contributed by atoms with Gasteiger partial charge in [0.25, 0.3) is 17.5 Å². The van der Waals surface area contributed by atoms with Gasteiger partial charge in [-0.25, -0.2) is 9.36 Å². The molecule has 0 unspecified atom stereocenters. The molecule has 33 heavy (non-hydrogen) atoms. The Kier molecular flexibility index (Phi) is 5.85. The van der Waals surface area contributed by atoms with Crippen molar-refractivity contribution in [3.63, 3.8) is 0 Å². The summed E-state index contributed by atoms with van der Waals surface area (Å²) in [6, 6.07) is 9.31. The number of nitrogens with zero attached hydrogens (tertiary/aromatic N) is 6. The van der Waals surface area contributed by atoms with Crippen molar-refractivity contribution in [3.8, 4) is 5.88 Å². The summed E-state index contributed by atoms with van der Waals surface area (Å²) in [6.45, 7) is 0. The van der Waals surface area contributed by atoms with Gasteiger partial charge >= 0.3 is 6.03 Å². The molecule has 2 heterocycles. The fraction of sp³-hybridized carbons (Fsp3) is 0.0526. The number of benzene rings is 2. The van der Waals surface area contributed by atoms with Gasteiger partial charge < -0.3 is 10.4 Å². The van der Waals surface area contributed by atoms with Crippen LogP contribution in [0.15, 0.2) is 57.7 Å². The van der Waals surface area contributed by atoms with E-state index in [1.807, 2.05) is 0 Å². The molecule has 1 aliphatic heterocycles. The molecule has 2 aromatic carbocycles. The van der Waals surface area contributed by atoms with Gasteiger partial charge in [-0.15, -0.1) is 10.2 Å². The van der Waals surface area contributed by atoms with Crippen molar-refractivity contribution in [2.24, 2.45) is 15.2 Å². The van der Waals surface area contributed by atoms with Crippen LogP contribution in [0.1, 0.15) is 16.2 Å². The number of nitro benzene ring substituents is 1. The summed E-state index contributed by atoms with van der Waals surface area (Å²) in [4.78, 5) is 43.1. The van der Waals surface area contributed by atoms with E-state index in [9.17, 15) is 24.8 Å². The lowest BCUT2D eigenvalue weighted by atomic mass is 10.1. The van der Waals surface area contributed by atoms with Crippen molar-refractivity contribution in [2.75, 3.05) is 5.32 Å². The van der Waals surface area contributed by atoms with E-state index in [2.05, 4.69) is 25.5 Å². The molecule has 1 aromatic heterocycles. The number of Topliss-reactive ketones (excluding diaryl/α,β-unsaturated/α-hetero) is 1. The average Bonchev–Trinajstić information content (AvgIpc) is 3.31. The minimum atomic E-state index is -0.800. The number of fused-ring (bicyclic) bond motifs is 1. The number of azo groups is 1. The van der Waals surface area contributed by atoms with Gasteiger partial charge in [0.15, 0.2) is 5.78 Å². The standard InChI is InChI=1S/C19H11Cl2N7O5/c20-9-4-6-10(7-5-9)22-19(31)24-18-26-25-16-17(30)23-14(27(16)18)8-13(29)11-2-1-3-12(15(11)21)28(32)33/h1-7,30H,8H2,(H,22,31)/b24-18+. The molecule has 2 amide bonds. The summed E-state index contributed by atoms with van der Waals surface area (Å²) >= 11 is 11.8. The Labute approximate surface area is 194 Å². The number of aromatic hydroxyl groups is 1. The summed E-state index contributed by atoms with van der Waals surface area (Å²) in [6.07, 6.45) is -0.433. The zero-order valence-electron chi connectivity index (χ0n) is 16.3. The van der Waals surface area contributed by atoms with Crippen molar-refractivity contribution >= 4 is 58.2 Å². The Morgan fingerprint density at radius 1 is 1.15 bits per heavy atom. The van der Waals surface area contributed by atoms with Crippen LogP contribution in [0.25, 0.3) is 0 Å². The molecule has 0 radical (unpaired) electrons. The van der Waals surface area contributed by atoms with Crippen LogP contribution in [0.5, 0.6) is 5.88 Å². The Balaban J connectivity index is 1.60. The maximum atomic E-state index is 12.8. The minimum absolute atomic E-state index is 0.0434. The van der Waals surface area contributed by atoms with Gasteiger partial charge in [0, 0.05) is 22.3 Å². The molecule has 0 aliphatic carbocycles. The zero-order chi connectivity index (χ0) is 23.7. The SMILES string of the molecule is O=C(/N=C1\N=Nc2c(O)nc(CC(=O)c3cccc([N+](=O)[O-])c3Cl)n21)Nc1ccc(Cl)cc1. The van der Waals surface area contributed by atoms with Gasteiger partial charge in [0.05, 0.1) is 11.3 Å². The second kappa shape index (κ2) is 8.76. The first-order valence-corrected chi connectivity index (χ1v) is 9.84. The normalized spacial score (nSPS) is 13.2. The van der Waals surface area contributed by atoms with E-state index in [4.69, 9.17) is 23.2 Å². The fourth-order valence-electron chi connectivity index (χ4n) is 2.96. The van der Waals surface area contributed by atoms with Crippen LogP contribution in [0.2, 0.25) is 10.0 Å². The minimum Gasteiger partial charge on any atom is -0.491 e. The third-order valence-electron chi connectivity index (χ3n) is 4.43. The first-order valence-electron chi connectivity index (χ1n) is 9.08. The number of carbonyl (C=O) groups excluding carboxylic acids is 2. The molecule has 3 aromatic rings. The number of halogens is 2.